The lowest BCUT2D eigenvalue weighted by atomic mass is 10.2. The average molecular weight is 419 g/mol. The highest BCUT2D eigenvalue weighted by Crippen LogP contribution is 2.16. The Balaban J connectivity index is 1.53. The number of piperazine rings is 1. The van der Waals surface area contributed by atoms with Gasteiger partial charge >= 0.3 is 6.03 Å². The number of amides is 2. The molecule has 0 unspecified atom stereocenters. The monoisotopic (exact) mass is 418 g/mol. The first kappa shape index (κ1) is 21.2. The van der Waals surface area contributed by atoms with Crippen molar-refractivity contribution < 1.29 is 13.2 Å². The van der Waals surface area contributed by atoms with E-state index in [4.69, 9.17) is 0 Å². The van der Waals surface area contributed by atoms with Crippen molar-refractivity contribution in [3.63, 3.8) is 0 Å². The number of aromatic nitrogens is 1. The minimum atomic E-state index is -3.36. The van der Waals surface area contributed by atoms with Gasteiger partial charge in [0, 0.05) is 58.7 Å². The van der Waals surface area contributed by atoms with Crippen LogP contribution in [0.25, 0.3) is 0 Å². The maximum absolute atomic E-state index is 12.2. The van der Waals surface area contributed by atoms with E-state index in [0.717, 1.165) is 5.56 Å². The fraction of sp³-hybridized carbons (Fsp3) is 0.368. The SMILES string of the molecule is CN(C)S(=O)(=O)N1CCN(Cc2cccc(NC(=O)Nc3cccnc3)c2)CC1. The van der Waals surface area contributed by atoms with Crippen molar-refractivity contribution in [1.82, 2.24) is 18.5 Å². The first-order valence-corrected chi connectivity index (χ1v) is 10.7. The molecular weight excluding hydrogens is 392 g/mol. The minimum Gasteiger partial charge on any atom is -0.308 e. The van der Waals surface area contributed by atoms with Crippen LogP contribution in [0.2, 0.25) is 0 Å². The third-order valence-corrected chi connectivity index (χ3v) is 6.57. The molecule has 0 bridgehead atoms. The Kier molecular flexibility index (Phi) is 6.80. The van der Waals surface area contributed by atoms with E-state index < -0.39 is 10.2 Å². The van der Waals surface area contributed by atoms with Gasteiger partial charge in [-0.25, -0.2) is 4.79 Å². The maximum atomic E-state index is 12.2. The zero-order valence-electron chi connectivity index (χ0n) is 16.6. The summed E-state index contributed by atoms with van der Waals surface area (Å²) in [5.74, 6) is 0. The second-order valence-corrected chi connectivity index (χ2v) is 9.13. The van der Waals surface area contributed by atoms with Gasteiger partial charge in [-0.05, 0) is 29.8 Å². The lowest BCUT2D eigenvalue weighted by Gasteiger charge is -2.35. The molecule has 9 nitrogen and oxygen atoms in total. The van der Waals surface area contributed by atoms with Crippen LogP contribution in [0.15, 0.2) is 48.8 Å². The zero-order chi connectivity index (χ0) is 20.9. The van der Waals surface area contributed by atoms with Crippen LogP contribution in [-0.4, -0.2) is 73.2 Å². The Morgan fingerprint density at radius 2 is 1.76 bits per heavy atom. The molecule has 1 aliphatic heterocycles. The lowest BCUT2D eigenvalue weighted by Crippen LogP contribution is -2.51. The summed E-state index contributed by atoms with van der Waals surface area (Å²) in [6.07, 6.45) is 3.22. The summed E-state index contributed by atoms with van der Waals surface area (Å²) in [7, 11) is -0.269. The molecule has 1 aromatic carbocycles. The van der Waals surface area contributed by atoms with Crippen molar-refractivity contribution in [2.24, 2.45) is 0 Å². The molecule has 3 rings (SSSR count). The summed E-state index contributed by atoms with van der Waals surface area (Å²) in [4.78, 5) is 18.3. The molecule has 1 fully saturated rings. The molecule has 0 saturated carbocycles. The second-order valence-electron chi connectivity index (χ2n) is 6.99. The number of rotatable bonds is 6. The summed E-state index contributed by atoms with van der Waals surface area (Å²) >= 11 is 0. The Morgan fingerprint density at radius 1 is 1.07 bits per heavy atom. The first-order chi connectivity index (χ1) is 13.8. The van der Waals surface area contributed by atoms with Gasteiger partial charge in [-0.3, -0.25) is 9.88 Å². The fourth-order valence-corrected chi connectivity index (χ4v) is 4.17. The van der Waals surface area contributed by atoms with Crippen molar-refractivity contribution in [3.05, 3.63) is 54.4 Å². The van der Waals surface area contributed by atoms with Gasteiger partial charge in [0.15, 0.2) is 0 Å². The molecule has 0 radical (unpaired) electrons. The van der Waals surface area contributed by atoms with Gasteiger partial charge in [-0.2, -0.15) is 17.0 Å². The van der Waals surface area contributed by atoms with E-state index in [-0.39, 0.29) is 6.03 Å². The number of pyridine rings is 1. The summed E-state index contributed by atoms with van der Waals surface area (Å²) in [5, 5.41) is 5.55. The fourth-order valence-electron chi connectivity index (χ4n) is 3.09. The molecule has 1 aromatic heterocycles. The van der Waals surface area contributed by atoms with Gasteiger partial charge < -0.3 is 10.6 Å². The number of anilines is 2. The highest BCUT2D eigenvalue weighted by atomic mass is 32.2. The number of hydrogen-bond acceptors (Lipinski definition) is 5. The van der Waals surface area contributed by atoms with E-state index in [1.807, 2.05) is 24.3 Å². The molecule has 2 aromatic rings. The number of benzene rings is 1. The summed E-state index contributed by atoms with van der Waals surface area (Å²) in [6.45, 7) is 2.94. The van der Waals surface area contributed by atoms with E-state index in [9.17, 15) is 13.2 Å². The molecule has 2 heterocycles. The van der Waals surface area contributed by atoms with Crippen LogP contribution >= 0.6 is 0 Å². The molecule has 1 aliphatic rings. The highest BCUT2D eigenvalue weighted by molar-refractivity contribution is 7.86. The summed E-state index contributed by atoms with van der Waals surface area (Å²) in [6, 6.07) is 10.8. The third kappa shape index (κ3) is 5.73. The molecule has 0 aliphatic carbocycles. The molecule has 29 heavy (non-hydrogen) atoms. The van der Waals surface area contributed by atoms with Crippen molar-refractivity contribution in [2.75, 3.05) is 50.9 Å². The predicted octanol–water partition coefficient (Wildman–Crippen LogP) is 1.65. The Hall–Kier alpha value is -2.53. The van der Waals surface area contributed by atoms with Gasteiger partial charge in [0.05, 0.1) is 11.9 Å². The van der Waals surface area contributed by atoms with Crippen LogP contribution in [0.5, 0.6) is 0 Å². The molecule has 10 heteroatoms. The normalized spacial score (nSPS) is 16.0. The van der Waals surface area contributed by atoms with Crippen LogP contribution in [0.4, 0.5) is 16.2 Å². The number of nitrogens with one attached hydrogen (secondary N) is 2. The number of urea groups is 1. The van der Waals surface area contributed by atoms with Crippen molar-refractivity contribution >= 4 is 27.6 Å². The van der Waals surface area contributed by atoms with Crippen LogP contribution in [0.3, 0.4) is 0 Å². The van der Waals surface area contributed by atoms with Crippen LogP contribution in [0, 0.1) is 0 Å². The van der Waals surface area contributed by atoms with E-state index in [1.54, 1.807) is 38.6 Å². The molecule has 0 atom stereocenters. The molecule has 2 amide bonds. The van der Waals surface area contributed by atoms with Crippen LogP contribution in [0.1, 0.15) is 5.56 Å². The van der Waals surface area contributed by atoms with E-state index in [0.29, 0.717) is 44.1 Å². The summed E-state index contributed by atoms with van der Waals surface area (Å²) in [5.41, 5.74) is 2.36. The standard InChI is InChI=1S/C19H26N6O3S/c1-23(2)29(27,28)25-11-9-24(10-12-25)15-16-5-3-6-17(13-16)21-19(26)22-18-7-4-8-20-14-18/h3-8,13-14H,9-12,15H2,1-2H3,(H2,21,22,26). The molecule has 156 valence electrons. The quantitative estimate of drug-likeness (QED) is 0.743. The molecular formula is C19H26N6O3S. The van der Waals surface area contributed by atoms with Crippen molar-refractivity contribution in [2.45, 2.75) is 6.54 Å². The smallest absolute Gasteiger partial charge is 0.308 e. The second kappa shape index (κ2) is 9.31. The Labute approximate surface area is 171 Å². The number of carbonyl (C=O) groups is 1. The Bertz CT molecular complexity index is 928. The third-order valence-electron chi connectivity index (χ3n) is 4.63. The largest absolute Gasteiger partial charge is 0.323 e. The Morgan fingerprint density at radius 3 is 2.41 bits per heavy atom. The van der Waals surface area contributed by atoms with Gasteiger partial charge in [0.25, 0.3) is 10.2 Å². The van der Waals surface area contributed by atoms with Gasteiger partial charge in [0.2, 0.25) is 0 Å². The van der Waals surface area contributed by atoms with E-state index >= 15 is 0 Å². The molecule has 1 saturated heterocycles. The average Bonchev–Trinajstić information content (AvgIpc) is 2.69. The number of hydrogen-bond donors (Lipinski definition) is 2. The van der Waals surface area contributed by atoms with Gasteiger partial charge in [-0.15, -0.1) is 0 Å². The molecule has 0 spiro atoms. The highest BCUT2D eigenvalue weighted by Gasteiger charge is 2.28. The first-order valence-electron chi connectivity index (χ1n) is 9.31. The molecule has 2 N–H and O–H groups in total. The topological polar surface area (TPSA) is 97.9 Å². The lowest BCUT2D eigenvalue weighted by molar-refractivity contribution is 0.177. The number of nitrogens with zero attached hydrogens (tertiary/aromatic N) is 4. The number of carbonyl (C=O) groups excluding carboxylic acids is 1. The van der Waals surface area contributed by atoms with Crippen molar-refractivity contribution in [1.29, 1.82) is 0 Å². The minimum absolute atomic E-state index is 0.336. The predicted molar refractivity (Wildman–Crippen MR) is 113 cm³/mol. The summed E-state index contributed by atoms with van der Waals surface area (Å²) < 4.78 is 27.2. The van der Waals surface area contributed by atoms with Crippen LogP contribution in [-0.2, 0) is 16.8 Å². The van der Waals surface area contributed by atoms with Crippen LogP contribution < -0.4 is 10.6 Å². The van der Waals surface area contributed by atoms with Gasteiger partial charge in [0.1, 0.15) is 0 Å². The zero-order valence-corrected chi connectivity index (χ0v) is 17.4. The van der Waals surface area contributed by atoms with Gasteiger partial charge in [-0.1, -0.05) is 12.1 Å². The van der Waals surface area contributed by atoms with E-state index in [2.05, 4.69) is 20.5 Å². The maximum Gasteiger partial charge on any atom is 0.323 e. The van der Waals surface area contributed by atoms with E-state index in [1.165, 1.54) is 8.61 Å². The van der Waals surface area contributed by atoms with Crippen molar-refractivity contribution in [3.8, 4) is 0 Å².